The molecule has 0 aromatic carbocycles. The van der Waals surface area contributed by atoms with Crippen LogP contribution in [0.2, 0.25) is 0 Å². The minimum absolute atomic E-state index is 0. The fourth-order valence-corrected chi connectivity index (χ4v) is 0.0373. The number of hydrogen-bond donors (Lipinski definition) is 2. The Kier molecular flexibility index (Phi) is 3.83. The van der Waals surface area contributed by atoms with Gasteiger partial charge in [0.1, 0.15) is 0 Å². The largest absolute Gasteiger partial charge is 0.461 e. The normalized spacial score (nSPS) is 21.4. The van der Waals surface area contributed by atoms with Crippen LogP contribution in [-0.4, -0.2) is 39.2 Å². The summed E-state index contributed by atoms with van der Waals surface area (Å²) in [5, 5.41) is 15.5. The molecule has 0 unspecified atom stereocenters. The first-order chi connectivity index (χ1) is 2.21. The molecule has 1 heterocycles. The standard InChI is InChI=1S/CH2O4.Al.H2O.3H/c2-1(3)4-5-1;;;;;/h2-3H;;1H2;;;. The molecule has 0 atom stereocenters. The van der Waals surface area contributed by atoms with Gasteiger partial charge in [0.2, 0.25) is 0 Å². The fraction of sp³-hybridized carbons (Fsp3) is 1.00. The second-order valence-electron chi connectivity index (χ2n) is 0.715. The van der Waals surface area contributed by atoms with E-state index >= 15 is 0 Å². The molecule has 0 aromatic heterocycles. The lowest BCUT2D eigenvalue weighted by molar-refractivity contribution is -0.168. The first kappa shape index (κ1) is 10.3. The summed E-state index contributed by atoms with van der Waals surface area (Å²) in [5.41, 5.74) is 0. The van der Waals surface area contributed by atoms with E-state index in [9.17, 15) is 0 Å². The third kappa shape index (κ3) is 4.18. The van der Waals surface area contributed by atoms with E-state index in [1.165, 1.54) is 0 Å². The highest BCUT2D eigenvalue weighted by Gasteiger charge is 2.45. The van der Waals surface area contributed by atoms with Gasteiger partial charge >= 0.3 is 6.16 Å². The van der Waals surface area contributed by atoms with Crippen LogP contribution in [0.3, 0.4) is 0 Å². The first-order valence-corrected chi connectivity index (χ1v) is 1.02. The second-order valence-corrected chi connectivity index (χ2v) is 0.715. The monoisotopic (exact) mass is 126 g/mol. The van der Waals surface area contributed by atoms with Crippen molar-refractivity contribution in [1.29, 1.82) is 0 Å². The Morgan fingerprint density at radius 2 is 1.29 bits per heavy atom. The summed E-state index contributed by atoms with van der Waals surface area (Å²) in [6, 6.07) is 0. The minimum Gasteiger partial charge on any atom is -0.412 e. The van der Waals surface area contributed by atoms with Crippen molar-refractivity contribution < 1.29 is 25.5 Å². The quantitative estimate of drug-likeness (QED) is 0.152. The van der Waals surface area contributed by atoms with E-state index in [1.807, 2.05) is 0 Å². The van der Waals surface area contributed by atoms with Gasteiger partial charge in [0.05, 0.1) is 0 Å². The van der Waals surface area contributed by atoms with Gasteiger partial charge in [-0.05, 0) is 0 Å². The van der Waals surface area contributed by atoms with Crippen LogP contribution in [0.4, 0.5) is 0 Å². The predicted octanol–water partition coefficient (Wildman–Crippen LogP) is -3.46. The third-order valence-electron chi connectivity index (χ3n) is 0.232. The van der Waals surface area contributed by atoms with Crippen LogP contribution in [0, 0.1) is 0 Å². The van der Waals surface area contributed by atoms with Crippen molar-refractivity contribution >= 4 is 17.4 Å². The molecule has 0 radical (unpaired) electrons. The lowest BCUT2D eigenvalue weighted by Crippen LogP contribution is -2.03. The van der Waals surface area contributed by atoms with Crippen LogP contribution in [0.5, 0.6) is 0 Å². The lowest BCUT2D eigenvalue weighted by Gasteiger charge is -1.73. The molecule has 1 aliphatic heterocycles. The third-order valence-corrected chi connectivity index (χ3v) is 0.232. The van der Waals surface area contributed by atoms with Gasteiger partial charge in [-0.25, -0.2) is 0 Å². The average molecular weight is 126 g/mol. The molecule has 1 fully saturated rings. The van der Waals surface area contributed by atoms with Gasteiger partial charge in [-0.1, -0.05) is 0 Å². The van der Waals surface area contributed by atoms with E-state index < -0.39 is 6.16 Å². The smallest absolute Gasteiger partial charge is 0.412 e. The first-order valence-electron chi connectivity index (χ1n) is 1.02. The maximum atomic E-state index is 7.74. The van der Waals surface area contributed by atoms with Gasteiger partial charge in [0.15, 0.2) is 17.4 Å². The van der Waals surface area contributed by atoms with Gasteiger partial charge in [0.25, 0.3) is 0 Å². The molecule has 0 aromatic rings. The molecule has 0 amide bonds. The van der Waals surface area contributed by atoms with E-state index in [1.54, 1.807) is 0 Å². The molecule has 5 nitrogen and oxygen atoms in total. The number of aliphatic hydroxyl groups is 2. The Morgan fingerprint density at radius 3 is 1.29 bits per heavy atom. The second kappa shape index (κ2) is 2.59. The Morgan fingerprint density at radius 1 is 1.14 bits per heavy atom. The van der Waals surface area contributed by atoms with Crippen LogP contribution >= 0.6 is 0 Å². The van der Waals surface area contributed by atoms with Gasteiger partial charge < -0.3 is 15.7 Å². The lowest BCUT2D eigenvalue weighted by atomic mass is 11.2. The van der Waals surface area contributed by atoms with E-state index in [-0.39, 0.29) is 22.8 Å². The number of hydrogen-bond acceptors (Lipinski definition) is 4. The summed E-state index contributed by atoms with van der Waals surface area (Å²) < 4.78 is 0. The maximum Gasteiger partial charge on any atom is 0.461 e. The molecule has 1 aliphatic rings. The SMILES string of the molecule is O.OC1(O)OO1.[AlH3]. The predicted molar refractivity (Wildman–Crippen MR) is 22.9 cm³/mol. The van der Waals surface area contributed by atoms with E-state index in [2.05, 4.69) is 9.78 Å². The summed E-state index contributed by atoms with van der Waals surface area (Å²) in [5.74, 6) is 0. The molecular formula is CH7AlO5. The average Bonchev–Trinajstić information content (AvgIpc) is 1.76. The number of rotatable bonds is 0. The van der Waals surface area contributed by atoms with Crippen LogP contribution in [0.25, 0.3) is 0 Å². The van der Waals surface area contributed by atoms with E-state index in [0.29, 0.717) is 0 Å². The molecule has 1 saturated heterocycles. The van der Waals surface area contributed by atoms with Crippen molar-refractivity contribution in [3.63, 3.8) is 0 Å². The summed E-state index contributed by atoms with van der Waals surface area (Å²) in [6.45, 7) is 0. The Bertz CT molecular complexity index is 46.0. The zero-order valence-corrected chi connectivity index (χ0v) is 2.71. The van der Waals surface area contributed by atoms with Crippen molar-refractivity contribution in [2.75, 3.05) is 0 Å². The van der Waals surface area contributed by atoms with Crippen molar-refractivity contribution in [3.05, 3.63) is 0 Å². The van der Waals surface area contributed by atoms with Crippen molar-refractivity contribution in [2.24, 2.45) is 0 Å². The van der Waals surface area contributed by atoms with Crippen LogP contribution in [-0.2, 0) is 9.78 Å². The van der Waals surface area contributed by atoms with Gasteiger partial charge in [-0.15, -0.1) is 9.78 Å². The van der Waals surface area contributed by atoms with Crippen LogP contribution < -0.4 is 0 Å². The molecule has 0 saturated carbocycles. The molecule has 0 spiro atoms. The van der Waals surface area contributed by atoms with Gasteiger partial charge in [-0.3, -0.25) is 0 Å². The van der Waals surface area contributed by atoms with Crippen LogP contribution in [0.15, 0.2) is 0 Å². The maximum absolute atomic E-state index is 7.74. The molecule has 0 bridgehead atoms. The summed E-state index contributed by atoms with van der Waals surface area (Å²) >= 11 is 0. The molecule has 44 valence electrons. The molecule has 1 rings (SSSR count). The fourth-order valence-electron chi connectivity index (χ4n) is 0.0373. The Balaban J connectivity index is 0. The van der Waals surface area contributed by atoms with Gasteiger partial charge in [-0.2, -0.15) is 0 Å². The molecule has 7 heavy (non-hydrogen) atoms. The van der Waals surface area contributed by atoms with Crippen LogP contribution in [0.1, 0.15) is 0 Å². The highest BCUT2D eigenvalue weighted by atomic mass is 27.0. The zero-order chi connectivity index (χ0) is 3.91. The van der Waals surface area contributed by atoms with E-state index in [0.717, 1.165) is 0 Å². The molecule has 4 N–H and O–H groups in total. The van der Waals surface area contributed by atoms with Gasteiger partial charge in [0, 0.05) is 0 Å². The highest BCUT2D eigenvalue weighted by molar-refractivity contribution is 5.75. The minimum atomic E-state index is -2.25. The summed E-state index contributed by atoms with van der Waals surface area (Å²) in [4.78, 5) is 7.01. The molecule has 6 heteroatoms. The van der Waals surface area contributed by atoms with Crippen molar-refractivity contribution in [3.8, 4) is 0 Å². The van der Waals surface area contributed by atoms with Crippen molar-refractivity contribution in [1.82, 2.24) is 0 Å². The topological polar surface area (TPSA) is 97.0 Å². The Hall–Kier alpha value is 0.332. The van der Waals surface area contributed by atoms with Crippen molar-refractivity contribution in [2.45, 2.75) is 6.16 Å². The Labute approximate surface area is 49.8 Å². The summed E-state index contributed by atoms with van der Waals surface area (Å²) in [6.07, 6.45) is -2.25. The molecular weight excluding hydrogens is 119 g/mol. The summed E-state index contributed by atoms with van der Waals surface area (Å²) in [7, 11) is 0. The zero-order valence-electron chi connectivity index (χ0n) is 2.71. The molecule has 0 aliphatic carbocycles. The highest BCUT2D eigenvalue weighted by Crippen LogP contribution is 2.19. The van der Waals surface area contributed by atoms with E-state index in [4.69, 9.17) is 10.2 Å².